The van der Waals surface area contributed by atoms with Crippen LogP contribution in [-0.4, -0.2) is 29.1 Å². The van der Waals surface area contributed by atoms with Crippen molar-refractivity contribution in [3.05, 3.63) is 64.5 Å². The molecule has 1 atom stereocenters. The van der Waals surface area contributed by atoms with Gasteiger partial charge in [0, 0.05) is 23.0 Å². The second-order valence-electron chi connectivity index (χ2n) is 6.29. The summed E-state index contributed by atoms with van der Waals surface area (Å²) in [6, 6.07) is 14.0. The first-order valence-electron chi connectivity index (χ1n) is 8.71. The van der Waals surface area contributed by atoms with Crippen molar-refractivity contribution in [2.45, 2.75) is 26.0 Å². The molecular weight excluding hydrogens is 471 g/mol. The fourth-order valence-corrected chi connectivity index (χ4v) is 3.51. The number of hydrogen-bond donors (Lipinski definition) is 3. The molecule has 3 rings (SSSR count). The topological polar surface area (TPSA) is 69.5 Å². The Balaban J connectivity index is 0.00000261. The van der Waals surface area contributed by atoms with Crippen LogP contribution in [0.15, 0.2) is 59.0 Å². The van der Waals surface area contributed by atoms with E-state index in [1.54, 1.807) is 11.3 Å². The fourth-order valence-electron chi connectivity index (χ4n) is 2.73. The Morgan fingerprint density at radius 3 is 2.74 bits per heavy atom. The highest BCUT2D eigenvalue weighted by molar-refractivity contribution is 14.0. The normalized spacial score (nSPS) is 13.7. The van der Waals surface area contributed by atoms with E-state index in [4.69, 9.17) is 0 Å². The molecule has 0 radical (unpaired) electrons. The average molecular weight is 496 g/mol. The Hall–Kier alpha value is -1.71. The smallest absolute Gasteiger partial charge is 0.191 e. The zero-order valence-corrected chi connectivity index (χ0v) is 18.6. The van der Waals surface area contributed by atoms with E-state index in [0.717, 1.165) is 27.9 Å². The molecular formula is C20H25IN4OS. The molecule has 0 aliphatic carbocycles. The number of thiophene rings is 1. The molecule has 1 unspecified atom stereocenters. The maximum Gasteiger partial charge on any atom is 0.191 e. The van der Waals surface area contributed by atoms with Gasteiger partial charge in [0.15, 0.2) is 5.96 Å². The quantitative estimate of drug-likeness (QED) is 0.275. The number of aliphatic hydroxyl groups is 1. The van der Waals surface area contributed by atoms with Gasteiger partial charge < -0.3 is 15.7 Å². The highest BCUT2D eigenvalue weighted by atomic mass is 127. The number of guanidine groups is 1. The van der Waals surface area contributed by atoms with Crippen molar-refractivity contribution in [2.24, 2.45) is 4.99 Å². The van der Waals surface area contributed by atoms with Crippen LogP contribution in [0.2, 0.25) is 0 Å². The van der Waals surface area contributed by atoms with Crippen molar-refractivity contribution >= 4 is 52.2 Å². The molecule has 3 N–H and O–H groups in total. The Kier molecular flexibility index (Phi) is 8.00. The molecule has 0 bridgehead atoms. The van der Waals surface area contributed by atoms with Gasteiger partial charge in [-0.2, -0.15) is 0 Å². The van der Waals surface area contributed by atoms with Gasteiger partial charge in [0.05, 0.1) is 18.6 Å². The predicted octanol–water partition coefficient (Wildman–Crippen LogP) is 3.88. The molecule has 0 saturated heterocycles. The predicted molar refractivity (Wildman–Crippen MR) is 124 cm³/mol. The standard InChI is InChI=1S/C20H24N4OS.HI/c1-3-21-19(24-14-20(2,25)18-9-6-12-26-18)23-13-15-10-11-22-17-8-5-4-7-16(15)17;/h4-12,25H,3,13-14H2,1-2H3,(H2,21,23,24);1H. The summed E-state index contributed by atoms with van der Waals surface area (Å²) in [7, 11) is 0. The molecule has 0 saturated carbocycles. The van der Waals surface area contributed by atoms with Crippen molar-refractivity contribution in [2.75, 3.05) is 13.1 Å². The summed E-state index contributed by atoms with van der Waals surface area (Å²) in [5.74, 6) is 0.685. The minimum atomic E-state index is -0.937. The largest absolute Gasteiger partial charge is 0.383 e. The summed E-state index contributed by atoms with van der Waals surface area (Å²) >= 11 is 1.55. The van der Waals surface area contributed by atoms with Crippen LogP contribution in [0, 0.1) is 0 Å². The van der Waals surface area contributed by atoms with Crippen molar-refractivity contribution in [3.63, 3.8) is 0 Å². The number of nitrogens with zero attached hydrogens (tertiary/aromatic N) is 2. The van der Waals surface area contributed by atoms with Crippen LogP contribution in [0.1, 0.15) is 24.3 Å². The molecule has 1 aromatic carbocycles. The Labute approximate surface area is 181 Å². The summed E-state index contributed by atoms with van der Waals surface area (Å²) in [6.45, 7) is 5.52. The van der Waals surface area contributed by atoms with Gasteiger partial charge in [0.25, 0.3) is 0 Å². The van der Waals surface area contributed by atoms with Crippen LogP contribution in [0.5, 0.6) is 0 Å². The van der Waals surface area contributed by atoms with Crippen LogP contribution in [0.25, 0.3) is 10.9 Å². The van der Waals surface area contributed by atoms with E-state index in [-0.39, 0.29) is 24.0 Å². The summed E-state index contributed by atoms with van der Waals surface area (Å²) < 4.78 is 0. The molecule has 3 aromatic rings. The van der Waals surface area contributed by atoms with Crippen LogP contribution in [0.4, 0.5) is 0 Å². The number of hydrogen-bond acceptors (Lipinski definition) is 4. The summed E-state index contributed by atoms with van der Waals surface area (Å²) in [6.07, 6.45) is 1.81. The average Bonchev–Trinajstić information content (AvgIpc) is 3.20. The van der Waals surface area contributed by atoms with Gasteiger partial charge in [-0.05, 0) is 43.0 Å². The first-order chi connectivity index (χ1) is 12.6. The SMILES string of the molecule is CCNC(=NCc1ccnc2ccccc12)NCC(C)(O)c1cccs1.I. The maximum absolute atomic E-state index is 10.7. The van der Waals surface area contributed by atoms with E-state index in [9.17, 15) is 5.11 Å². The number of rotatable bonds is 6. The van der Waals surface area contributed by atoms with Crippen molar-refractivity contribution in [3.8, 4) is 0 Å². The zero-order chi connectivity index (χ0) is 18.4. The molecule has 144 valence electrons. The Morgan fingerprint density at radius 2 is 2.00 bits per heavy atom. The van der Waals surface area contributed by atoms with Crippen LogP contribution in [-0.2, 0) is 12.1 Å². The molecule has 7 heteroatoms. The number of pyridine rings is 1. The van der Waals surface area contributed by atoms with Gasteiger partial charge >= 0.3 is 0 Å². The molecule has 0 aliphatic rings. The number of para-hydroxylation sites is 1. The number of benzene rings is 1. The lowest BCUT2D eigenvalue weighted by atomic mass is 10.1. The second-order valence-corrected chi connectivity index (χ2v) is 7.23. The molecule has 0 spiro atoms. The minimum absolute atomic E-state index is 0. The van der Waals surface area contributed by atoms with Gasteiger partial charge in [-0.3, -0.25) is 4.98 Å². The van der Waals surface area contributed by atoms with Gasteiger partial charge in [-0.25, -0.2) is 4.99 Å². The number of aliphatic imine (C=N–C) groups is 1. The monoisotopic (exact) mass is 496 g/mol. The number of aromatic nitrogens is 1. The van der Waals surface area contributed by atoms with E-state index in [1.807, 2.05) is 61.8 Å². The lowest BCUT2D eigenvalue weighted by Gasteiger charge is -2.23. The fraction of sp³-hybridized carbons (Fsp3) is 0.300. The molecule has 2 heterocycles. The number of nitrogens with one attached hydrogen (secondary N) is 2. The van der Waals surface area contributed by atoms with Gasteiger partial charge in [-0.15, -0.1) is 35.3 Å². The van der Waals surface area contributed by atoms with Crippen molar-refractivity contribution < 1.29 is 5.11 Å². The molecule has 2 aromatic heterocycles. The number of fused-ring (bicyclic) bond motifs is 1. The van der Waals surface area contributed by atoms with Crippen LogP contribution in [0.3, 0.4) is 0 Å². The highest BCUT2D eigenvalue weighted by Gasteiger charge is 2.24. The molecule has 0 amide bonds. The lowest BCUT2D eigenvalue weighted by Crippen LogP contribution is -2.44. The molecule has 27 heavy (non-hydrogen) atoms. The first kappa shape index (κ1) is 21.6. The zero-order valence-electron chi connectivity index (χ0n) is 15.5. The molecule has 0 fully saturated rings. The Morgan fingerprint density at radius 1 is 1.19 bits per heavy atom. The highest BCUT2D eigenvalue weighted by Crippen LogP contribution is 2.24. The van der Waals surface area contributed by atoms with E-state index in [0.29, 0.717) is 19.0 Å². The van der Waals surface area contributed by atoms with Gasteiger partial charge in [0.1, 0.15) is 5.60 Å². The summed E-state index contributed by atoms with van der Waals surface area (Å²) in [4.78, 5) is 10.00. The summed E-state index contributed by atoms with van der Waals surface area (Å²) in [5.41, 5.74) is 1.16. The van der Waals surface area contributed by atoms with Crippen LogP contribution >= 0.6 is 35.3 Å². The third kappa shape index (κ3) is 5.63. The van der Waals surface area contributed by atoms with E-state index < -0.39 is 5.60 Å². The molecule has 0 aliphatic heterocycles. The van der Waals surface area contributed by atoms with E-state index >= 15 is 0 Å². The second kappa shape index (κ2) is 10.0. The van der Waals surface area contributed by atoms with Gasteiger partial charge in [-0.1, -0.05) is 24.3 Å². The lowest BCUT2D eigenvalue weighted by molar-refractivity contribution is 0.0655. The van der Waals surface area contributed by atoms with Gasteiger partial charge in [0.2, 0.25) is 0 Å². The van der Waals surface area contributed by atoms with Crippen molar-refractivity contribution in [1.29, 1.82) is 0 Å². The first-order valence-corrected chi connectivity index (χ1v) is 9.59. The Bertz CT molecular complexity index is 875. The maximum atomic E-state index is 10.7. The van der Waals surface area contributed by atoms with Crippen LogP contribution < -0.4 is 10.6 Å². The number of halogens is 1. The van der Waals surface area contributed by atoms with E-state index in [2.05, 4.69) is 26.7 Å². The minimum Gasteiger partial charge on any atom is -0.383 e. The van der Waals surface area contributed by atoms with E-state index in [1.165, 1.54) is 0 Å². The third-order valence-corrected chi connectivity index (χ3v) is 5.27. The summed E-state index contributed by atoms with van der Waals surface area (Å²) in [5, 5.41) is 20.2. The molecule has 5 nitrogen and oxygen atoms in total. The van der Waals surface area contributed by atoms with Crippen molar-refractivity contribution in [1.82, 2.24) is 15.6 Å². The third-order valence-electron chi connectivity index (χ3n) is 4.14.